The third kappa shape index (κ3) is 5.99. The number of nitrogens with zero attached hydrogens (tertiary/aromatic N) is 3. The fraction of sp³-hybridized carbons (Fsp3) is 0.206. The molecule has 1 atom stereocenters. The molecule has 1 aromatic heterocycles. The van der Waals surface area contributed by atoms with Crippen molar-refractivity contribution < 1.29 is 14.3 Å². The normalized spacial score (nSPS) is 11.7. The number of fused-ring (bicyclic) bond motifs is 1. The van der Waals surface area contributed by atoms with Crippen molar-refractivity contribution in [3.8, 4) is 17.2 Å². The highest BCUT2D eigenvalue weighted by Crippen LogP contribution is 2.27. The molecule has 0 aliphatic carbocycles. The molecule has 1 amide bonds. The number of benzene rings is 4. The van der Waals surface area contributed by atoms with E-state index in [0.717, 1.165) is 5.56 Å². The summed E-state index contributed by atoms with van der Waals surface area (Å²) in [7, 11) is 1.58. The second-order valence-corrected chi connectivity index (χ2v) is 9.70. The number of hydrogen-bond donors (Lipinski definition) is 0. The number of para-hydroxylation sites is 1. The zero-order valence-electron chi connectivity index (χ0n) is 23.5. The minimum atomic E-state index is -0.540. The molecular weight excluding hydrogens is 514 g/mol. The maximum Gasteiger partial charge on any atom is 0.266 e. The number of aromatic nitrogens is 2. The molecule has 1 heterocycles. The van der Waals surface area contributed by atoms with Crippen LogP contribution in [0.5, 0.6) is 11.5 Å². The van der Waals surface area contributed by atoms with Crippen molar-refractivity contribution in [1.82, 2.24) is 14.5 Å². The van der Waals surface area contributed by atoms with Gasteiger partial charge in [-0.15, -0.1) is 0 Å². The Balaban J connectivity index is 1.63. The molecule has 4 aromatic carbocycles. The largest absolute Gasteiger partial charge is 0.497 e. The number of carbonyl (C=O) groups is 1. The predicted octanol–water partition coefficient (Wildman–Crippen LogP) is 6.24. The Bertz CT molecular complexity index is 1700. The van der Waals surface area contributed by atoms with Crippen LogP contribution in [0.15, 0.2) is 108 Å². The van der Waals surface area contributed by atoms with Crippen molar-refractivity contribution in [2.75, 3.05) is 20.3 Å². The SMILES string of the molecule is CCOc1ccc(-n2c(C(C)N(CCc3ccccc3)C(=O)c3cccc(OC)c3)nc3ccccc3c2=O)cc1. The van der Waals surface area contributed by atoms with Gasteiger partial charge in [-0.1, -0.05) is 48.5 Å². The maximum atomic E-state index is 14.1. The molecule has 0 aliphatic heterocycles. The molecule has 0 bridgehead atoms. The number of methoxy groups -OCH3 is 1. The Labute approximate surface area is 239 Å². The zero-order valence-corrected chi connectivity index (χ0v) is 23.5. The first kappa shape index (κ1) is 27.6. The zero-order chi connectivity index (χ0) is 28.8. The summed E-state index contributed by atoms with van der Waals surface area (Å²) in [6, 6.07) is 31.3. The minimum absolute atomic E-state index is 0.173. The van der Waals surface area contributed by atoms with Crippen LogP contribution in [-0.4, -0.2) is 40.6 Å². The van der Waals surface area contributed by atoms with Crippen LogP contribution in [0.4, 0.5) is 0 Å². The van der Waals surface area contributed by atoms with Crippen LogP contribution in [0, 0.1) is 0 Å². The molecule has 0 fully saturated rings. The lowest BCUT2D eigenvalue weighted by atomic mass is 10.1. The summed E-state index contributed by atoms with van der Waals surface area (Å²) in [6.45, 7) is 4.81. The monoisotopic (exact) mass is 547 g/mol. The number of rotatable bonds is 10. The van der Waals surface area contributed by atoms with E-state index in [2.05, 4.69) is 0 Å². The molecule has 7 heteroatoms. The van der Waals surface area contributed by atoms with Gasteiger partial charge in [-0.2, -0.15) is 0 Å². The molecule has 1 unspecified atom stereocenters. The summed E-state index contributed by atoms with van der Waals surface area (Å²) >= 11 is 0. The van der Waals surface area contributed by atoms with Crippen LogP contribution in [0.3, 0.4) is 0 Å². The van der Waals surface area contributed by atoms with Gasteiger partial charge in [0.25, 0.3) is 11.5 Å². The van der Waals surface area contributed by atoms with Gasteiger partial charge in [-0.25, -0.2) is 4.98 Å². The molecule has 0 aliphatic rings. The van der Waals surface area contributed by atoms with Gasteiger partial charge in [0.1, 0.15) is 17.3 Å². The fourth-order valence-electron chi connectivity index (χ4n) is 4.96. The van der Waals surface area contributed by atoms with Gasteiger partial charge in [-0.3, -0.25) is 14.2 Å². The van der Waals surface area contributed by atoms with Gasteiger partial charge in [-0.05, 0) is 80.4 Å². The van der Waals surface area contributed by atoms with Gasteiger partial charge in [0.05, 0.1) is 36.3 Å². The van der Waals surface area contributed by atoms with Crippen LogP contribution in [0.25, 0.3) is 16.6 Å². The van der Waals surface area contributed by atoms with E-state index in [4.69, 9.17) is 14.5 Å². The van der Waals surface area contributed by atoms with E-state index >= 15 is 0 Å². The molecule has 5 rings (SSSR count). The summed E-state index contributed by atoms with van der Waals surface area (Å²) in [5.74, 6) is 1.61. The van der Waals surface area contributed by atoms with E-state index in [9.17, 15) is 9.59 Å². The third-order valence-corrected chi connectivity index (χ3v) is 7.11. The Morgan fingerprint density at radius 1 is 0.902 bits per heavy atom. The quantitative estimate of drug-likeness (QED) is 0.207. The molecule has 41 heavy (non-hydrogen) atoms. The summed E-state index contributed by atoms with van der Waals surface area (Å²) in [5, 5.41) is 0.507. The predicted molar refractivity (Wildman–Crippen MR) is 161 cm³/mol. The number of carbonyl (C=O) groups excluding carboxylic acids is 1. The van der Waals surface area contributed by atoms with E-state index in [1.807, 2.05) is 92.7 Å². The molecule has 0 radical (unpaired) electrons. The lowest BCUT2D eigenvalue weighted by Crippen LogP contribution is -2.38. The molecule has 0 spiro atoms. The first-order chi connectivity index (χ1) is 20.0. The Kier molecular flexibility index (Phi) is 8.44. The Morgan fingerprint density at radius 3 is 2.37 bits per heavy atom. The second-order valence-electron chi connectivity index (χ2n) is 9.70. The van der Waals surface area contributed by atoms with E-state index in [-0.39, 0.29) is 11.5 Å². The first-order valence-electron chi connectivity index (χ1n) is 13.7. The topological polar surface area (TPSA) is 73.7 Å². The van der Waals surface area contributed by atoms with Crippen LogP contribution in [0.1, 0.15) is 41.6 Å². The maximum absolute atomic E-state index is 14.1. The second kappa shape index (κ2) is 12.5. The molecule has 208 valence electrons. The lowest BCUT2D eigenvalue weighted by molar-refractivity contribution is 0.0683. The highest BCUT2D eigenvalue weighted by Gasteiger charge is 2.28. The van der Waals surface area contributed by atoms with Gasteiger partial charge >= 0.3 is 0 Å². The molecular formula is C34H33N3O4. The number of hydrogen-bond acceptors (Lipinski definition) is 5. The summed E-state index contributed by atoms with van der Waals surface area (Å²) in [4.78, 5) is 34.8. The molecule has 5 aromatic rings. The van der Waals surface area contributed by atoms with Gasteiger partial charge in [0.2, 0.25) is 0 Å². The average molecular weight is 548 g/mol. The third-order valence-electron chi connectivity index (χ3n) is 7.11. The van der Waals surface area contributed by atoms with Crippen LogP contribution in [0.2, 0.25) is 0 Å². The average Bonchev–Trinajstić information content (AvgIpc) is 3.02. The van der Waals surface area contributed by atoms with Crippen LogP contribution < -0.4 is 15.0 Å². The van der Waals surface area contributed by atoms with Gasteiger partial charge in [0.15, 0.2) is 0 Å². The molecule has 0 N–H and O–H groups in total. The summed E-state index contributed by atoms with van der Waals surface area (Å²) in [5.41, 5.74) is 2.64. The van der Waals surface area contributed by atoms with Gasteiger partial charge < -0.3 is 14.4 Å². The standard InChI is InChI=1S/C34H33N3O4/c1-4-41-28-19-17-27(18-20-28)37-32(35-31-16-9-8-15-30(31)34(37)39)24(2)36(22-21-25-11-6-5-7-12-25)33(38)26-13-10-14-29(23-26)40-3/h5-20,23-24H,4,21-22H2,1-3H3. The van der Waals surface area contributed by atoms with E-state index in [1.54, 1.807) is 40.8 Å². The summed E-state index contributed by atoms with van der Waals surface area (Å²) < 4.78 is 12.6. The molecule has 0 saturated carbocycles. The minimum Gasteiger partial charge on any atom is -0.497 e. The van der Waals surface area contributed by atoms with Crippen LogP contribution >= 0.6 is 0 Å². The van der Waals surface area contributed by atoms with Crippen molar-refractivity contribution in [1.29, 1.82) is 0 Å². The van der Waals surface area contributed by atoms with E-state index in [0.29, 0.717) is 59.0 Å². The van der Waals surface area contributed by atoms with Crippen molar-refractivity contribution in [2.24, 2.45) is 0 Å². The summed E-state index contributed by atoms with van der Waals surface area (Å²) in [6.07, 6.45) is 0.641. The smallest absolute Gasteiger partial charge is 0.266 e. The number of ether oxygens (including phenoxy) is 2. The van der Waals surface area contributed by atoms with E-state index in [1.165, 1.54) is 0 Å². The van der Waals surface area contributed by atoms with Crippen molar-refractivity contribution in [2.45, 2.75) is 26.3 Å². The Morgan fingerprint density at radius 2 is 1.63 bits per heavy atom. The van der Waals surface area contributed by atoms with Crippen molar-refractivity contribution in [3.05, 3.63) is 130 Å². The van der Waals surface area contributed by atoms with Crippen molar-refractivity contribution >= 4 is 16.8 Å². The number of amides is 1. The van der Waals surface area contributed by atoms with Gasteiger partial charge in [0, 0.05) is 12.1 Å². The highest BCUT2D eigenvalue weighted by atomic mass is 16.5. The van der Waals surface area contributed by atoms with Crippen molar-refractivity contribution in [3.63, 3.8) is 0 Å². The Hall–Kier alpha value is -4.91. The van der Waals surface area contributed by atoms with Crippen LogP contribution in [-0.2, 0) is 6.42 Å². The first-order valence-corrected chi connectivity index (χ1v) is 13.7. The highest BCUT2D eigenvalue weighted by molar-refractivity contribution is 5.95. The lowest BCUT2D eigenvalue weighted by Gasteiger charge is -2.31. The van der Waals surface area contributed by atoms with E-state index < -0.39 is 6.04 Å². The fourth-order valence-corrected chi connectivity index (χ4v) is 4.96. The molecule has 0 saturated heterocycles. The molecule has 7 nitrogen and oxygen atoms in total.